The van der Waals surface area contributed by atoms with E-state index in [9.17, 15) is 4.79 Å². The van der Waals surface area contributed by atoms with E-state index in [0.29, 0.717) is 11.6 Å². The summed E-state index contributed by atoms with van der Waals surface area (Å²) in [6.07, 6.45) is 5.85. The first-order valence-corrected chi connectivity index (χ1v) is 7.77. The van der Waals surface area contributed by atoms with Gasteiger partial charge in [0.25, 0.3) is 5.91 Å². The Labute approximate surface area is 123 Å². The molecule has 0 aliphatic heterocycles. The third kappa shape index (κ3) is 3.01. The van der Waals surface area contributed by atoms with Gasteiger partial charge in [-0.2, -0.15) is 0 Å². The first kappa shape index (κ1) is 12.7. The summed E-state index contributed by atoms with van der Waals surface area (Å²) in [6.45, 7) is 0. The molecule has 1 amide bonds. The van der Waals surface area contributed by atoms with Crippen LogP contribution in [-0.4, -0.2) is 15.9 Å². The fourth-order valence-electron chi connectivity index (χ4n) is 2.04. The molecule has 19 heavy (non-hydrogen) atoms. The van der Waals surface area contributed by atoms with E-state index in [1.165, 1.54) is 11.3 Å². The smallest absolute Gasteiger partial charge is 0.271 e. The van der Waals surface area contributed by atoms with Crippen LogP contribution in [0.3, 0.4) is 0 Å². The SMILES string of the molecule is O=C(N[C@H](c1cncc(Br)c1)C1CC1)c1cscn1. The average molecular weight is 338 g/mol. The summed E-state index contributed by atoms with van der Waals surface area (Å²) >= 11 is 4.84. The van der Waals surface area contributed by atoms with Crippen LogP contribution in [0.1, 0.15) is 34.9 Å². The van der Waals surface area contributed by atoms with Crippen molar-refractivity contribution in [1.29, 1.82) is 0 Å². The summed E-state index contributed by atoms with van der Waals surface area (Å²) in [7, 11) is 0. The highest BCUT2D eigenvalue weighted by molar-refractivity contribution is 9.10. The molecule has 1 N–H and O–H groups in total. The molecule has 1 fully saturated rings. The van der Waals surface area contributed by atoms with Crippen molar-refractivity contribution < 1.29 is 4.79 Å². The lowest BCUT2D eigenvalue weighted by Gasteiger charge is -2.18. The summed E-state index contributed by atoms with van der Waals surface area (Å²) in [5, 5.41) is 4.83. The Hall–Kier alpha value is -1.27. The predicted octanol–water partition coefficient (Wildman–Crippen LogP) is 3.18. The summed E-state index contributed by atoms with van der Waals surface area (Å²) in [6, 6.07) is 2.04. The highest BCUT2D eigenvalue weighted by Crippen LogP contribution is 2.41. The van der Waals surface area contributed by atoms with Crippen LogP contribution < -0.4 is 5.32 Å². The lowest BCUT2D eigenvalue weighted by Crippen LogP contribution is -2.30. The molecule has 1 aliphatic rings. The maximum absolute atomic E-state index is 12.1. The van der Waals surface area contributed by atoms with Crippen LogP contribution in [0.5, 0.6) is 0 Å². The van der Waals surface area contributed by atoms with Crippen molar-refractivity contribution in [3.05, 3.63) is 45.1 Å². The van der Waals surface area contributed by atoms with Crippen LogP contribution in [0.4, 0.5) is 0 Å². The topological polar surface area (TPSA) is 54.9 Å². The number of hydrogen-bond acceptors (Lipinski definition) is 4. The van der Waals surface area contributed by atoms with Gasteiger partial charge in [-0.3, -0.25) is 9.78 Å². The van der Waals surface area contributed by atoms with Gasteiger partial charge in [-0.05, 0) is 46.3 Å². The van der Waals surface area contributed by atoms with Crippen molar-refractivity contribution in [3.63, 3.8) is 0 Å². The molecule has 2 heterocycles. The van der Waals surface area contributed by atoms with E-state index in [2.05, 4.69) is 31.2 Å². The number of thiazole rings is 1. The number of rotatable bonds is 4. The zero-order valence-electron chi connectivity index (χ0n) is 10.0. The number of amides is 1. The molecule has 0 aromatic carbocycles. The predicted molar refractivity (Wildman–Crippen MR) is 77.0 cm³/mol. The van der Waals surface area contributed by atoms with E-state index in [4.69, 9.17) is 0 Å². The summed E-state index contributed by atoms with van der Waals surface area (Å²) in [5.41, 5.74) is 3.20. The maximum atomic E-state index is 12.1. The lowest BCUT2D eigenvalue weighted by molar-refractivity contribution is 0.0927. The Balaban J connectivity index is 1.80. The van der Waals surface area contributed by atoms with Crippen molar-refractivity contribution in [1.82, 2.24) is 15.3 Å². The van der Waals surface area contributed by atoms with Gasteiger partial charge in [-0.15, -0.1) is 11.3 Å². The minimum absolute atomic E-state index is 0.0270. The van der Waals surface area contributed by atoms with Gasteiger partial charge >= 0.3 is 0 Å². The molecule has 0 spiro atoms. The van der Waals surface area contributed by atoms with Crippen LogP contribution in [0.2, 0.25) is 0 Å². The van der Waals surface area contributed by atoms with Crippen LogP contribution in [0, 0.1) is 5.92 Å². The molecule has 0 unspecified atom stereocenters. The highest BCUT2D eigenvalue weighted by atomic mass is 79.9. The van der Waals surface area contributed by atoms with Gasteiger partial charge in [-0.25, -0.2) is 4.98 Å². The second-order valence-corrected chi connectivity index (χ2v) is 6.23. The summed E-state index contributed by atoms with van der Waals surface area (Å²) < 4.78 is 0.929. The number of carbonyl (C=O) groups excluding carboxylic acids is 1. The average Bonchev–Trinajstić information content (AvgIpc) is 3.09. The van der Waals surface area contributed by atoms with Crippen LogP contribution in [-0.2, 0) is 0 Å². The largest absolute Gasteiger partial charge is 0.344 e. The molecule has 0 radical (unpaired) electrons. The zero-order chi connectivity index (χ0) is 13.2. The third-order valence-corrected chi connectivity index (χ3v) is 4.15. The lowest BCUT2D eigenvalue weighted by atomic mass is 10.0. The van der Waals surface area contributed by atoms with E-state index in [1.807, 2.05) is 12.3 Å². The Kier molecular flexibility index (Phi) is 3.61. The minimum atomic E-state index is -0.113. The van der Waals surface area contributed by atoms with Gasteiger partial charge < -0.3 is 5.32 Å². The summed E-state index contributed by atoms with van der Waals surface area (Å²) in [4.78, 5) is 20.3. The second-order valence-electron chi connectivity index (χ2n) is 4.60. The van der Waals surface area contributed by atoms with Gasteiger partial charge in [0.15, 0.2) is 0 Å². The molecule has 1 aliphatic carbocycles. The molecular weight excluding hydrogens is 326 g/mol. The maximum Gasteiger partial charge on any atom is 0.271 e. The third-order valence-electron chi connectivity index (χ3n) is 3.13. The molecule has 3 rings (SSSR count). The van der Waals surface area contributed by atoms with Crippen molar-refractivity contribution in [2.75, 3.05) is 0 Å². The van der Waals surface area contributed by atoms with Crippen molar-refractivity contribution in [2.45, 2.75) is 18.9 Å². The van der Waals surface area contributed by atoms with Gasteiger partial charge in [-0.1, -0.05) is 0 Å². The molecular formula is C13H12BrN3OS. The number of aromatic nitrogens is 2. The fourth-order valence-corrected chi connectivity index (χ4v) is 2.96. The quantitative estimate of drug-likeness (QED) is 0.932. The fraction of sp³-hybridized carbons (Fsp3) is 0.308. The van der Waals surface area contributed by atoms with E-state index in [1.54, 1.807) is 17.1 Å². The van der Waals surface area contributed by atoms with Crippen LogP contribution in [0.25, 0.3) is 0 Å². The van der Waals surface area contributed by atoms with Gasteiger partial charge in [0.1, 0.15) is 5.69 Å². The number of hydrogen-bond donors (Lipinski definition) is 1. The molecule has 4 nitrogen and oxygen atoms in total. The van der Waals surface area contributed by atoms with E-state index in [-0.39, 0.29) is 11.9 Å². The number of halogens is 1. The Morgan fingerprint density at radius 2 is 2.32 bits per heavy atom. The molecule has 0 bridgehead atoms. The molecule has 1 atom stereocenters. The van der Waals surface area contributed by atoms with Crippen molar-refractivity contribution in [3.8, 4) is 0 Å². The molecule has 2 aromatic rings. The highest BCUT2D eigenvalue weighted by Gasteiger charge is 2.34. The number of carbonyl (C=O) groups is 1. The standard InChI is InChI=1S/C13H12BrN3OS/c14-10-3-9(4-15-5-10)12(8-1-2-8)17-13(18)11-6-19-7-16-11/h3-8,12H,1-2H2,(H,17,18)/t12-/m0/s1. The van der Waals surface area contributed by atoms with Gasteiger partial charge in [0, 0.05) is 22.2 Å². The first-order valence-electron chi connectivity index (χ1n) is 6.03. The van der Waals surface area contributed by atoms with Gasteiger partial charge in [0.05, 0.1) is 11.6 Å². The molecule has 2 aromatic heterocycles. The number of pyridine rings is 1. The van der Waals surface area contributed by atoms with E-state index < -0.39 is 0 Å². The van der Waals surface area contributed by atoms with Gasteiger partial charge in [0.2, 0.25) is 0 Å². The Morgan fingerprint density at radius 1 is 1.47 bits per heavy atom. The molecule has 6 heteroatoms. The monoisotopic (exact) mass is 337 g/mol. The number of nitrogens with one attached hydrogen (secondary N) is 1. The molecule has 1 saturated carbocycles. The first-order chi connectivity index (χ1) is 9.24. The minimum Gasteiger partial charge on any atom is -0.344 e. The van der Waals surface area contributed by atoms with Crippen LogP contribution in [0.15, 0.2) is 33.8 Å². The normalized spacial score (nSPS) is 16.1. The van der Waals surface area contributed by atoms with Crippen molar-refractivity contribution >= 4 is 33.2 Å². The van der Waals surface area contributed by atoms with Crippen molar-refractivity contribution in [2.24, 2.45) is 5.92 Å². The van der Waals surface area contributed by atoms with E-state index >= 15 is 0 Å². The Morgan fingerprint density at radius 3 is 2.95 bits per heavy atom. The summed E-state index contributed by atoms with van der Waals surface area (Å²) in [5.74, 6) is 0.400. The van der Waals surface area contributed by atoms with E-state index in [0.717, 1.165) is 22.9 Å². The second kappa shape index (κ2) is 5.38. The Bertz CT molecular complexity index is 583. The number of nitrogens with zero attached hydrogens (tertiary/aromatic N) is 2. The molecule has 98 valence electrons. The van der Waals surface area contributed by atoms with Crippen LogP contribution >= 0.6 is 27.3 Å². The zero-order valence-corrected chi connectivity index (χ0v) is 12.4. The molecule has 0 saturated heterocycles.